The number of rotatable bonds is 4. The van der Waals surface area contributed by atoms with Crippen LogP contribution in [0.15, 0.2) is 47.4 Å². The van der Waals surface area contributed by atoms with Gasteiger partial charge < -0.3 is 9.47 Å². The zero-order valence-electron chi connectivity index (χ0n) is 18.3. The summed E-state index contributed by atoms with van der Waals surface area (Å²) < 4.78 is 40.6. The van der Waals surface area contributed by atoms with Gasteiger partial charge in [-0.1, -0.05) is 23.8 Å². The van der Waals surface area contributed by atoms with Gasteiger partial charge in [-0.2, -0.15) is 4.31 Å². The quantitative estimate of drug-likeness (QED) is 0.665. The second-order valence-electron chi connectivity index (χ2n) is 8.90. The van der Waals surface area contributed by atoms with Crippen molar-refractivity contribution in [3.63, 3.8) is 0 Å². The number of piperidine rings is 1. The molecule has 1 aliphatic heterocycles. The highest BCUT2D eigenvalue weighted by Gasteiger charge is 2.57. The van der Waals surface area contributed by atoms with Gasteiger partial charge in [-0.3, -0.25) is 0 Å². The van der Waals surface area contributed by atoms with Crippen molar-refractivity contribution in [1.82, 2.24) is 4.31 Å². The molecule has 3 aliphatic rings. The maximum Gasteiger partial charge on any atom is 0.243 e. The molecule has 31 heavy (non-hydrogen) atoms. The lowest BCUT2D eigenvalue weighted by Crippen LogP contribution is -2.47. The van der Waals surface area contributed by atoms with E-state index in [4.69, 9.17) is 9.47 Å². The van der Waals surface area contributed by atoms with Gasteiger partial charge in [-0.05, 0) is 80.0 Å². The predicted octanol–water partition coefficient (Wildman–Crippen LogP) is 5.11. The van der Waals surface area contributed by atoms with Gasteiger partial charge in [0.15, 0.2) is 11.5 Å². The number of sulfonamides is 1. The van der Waals surface area contributed by atoms with E-state index in [0.29, 0.717) is 22.9 Å². The maximum atomic E-state index is 13.9. The summed E-state index contributed by atoms with van der Waals surface area (Å²) in [7, 11) is -0.360. The second-order valence-corrected chi connectivity index (χ2v) is 10.8. The highest BCUT2D eigenvalue weighted by Crippen LogP contribution is 2.66. The minimum atomic E-state index is -3.63. The summed E-state index contributed by atoms with van der Waals surface area (Å²) in [4.78, 5) is 0.366. The molecule has 0 radical (unpaired) electrons. The molecule has 0 amide bonds. The molecule has 0 bridgehead atoms. The highest BCUT2D eigenvalue weighted by molar-refractivity contribution is 7.89. The third-order valence-electron chi connectivity index (χ3n) is 7.29. The summed E-state index contributed by atoms with van der Waals surface area (Å²) in [6.07, 6.45) is 7.31. The zero-order chi connectivity index (χ0) is 21.8. The molecule has 0 saturated carbocycles. The Morgan fingerprint density at radius 2 is 1.68 bits per heavy atom. The zero-order valence-corrected chi connectivity index (χ0v) is 19.2. The monoisotopic (exact) mass is 439 g/mol. The standard InChI is InChI=1S/C25H29NO4S/c1-17-8-10-18(11-9-17)31(27,28)26-14-6-13-25-12-5-4-7-21(25)19-15-22(29-2)23(30-3)16-20(19)24(25)26/h7-11,15-16,24H,4-6,12-14H2,1-3H3/t24-,25+/m0/s1. The van der Waals surface area contributed by atoms with E-state index in [-0.39, 0.29) is 11.5 Å². The Balaban J connectivity index is 1.71. The summed E-state index contributed by atoms with van der Waals surface area (Å²) >= 11 is 0. The van der Waals surface area contributed by atoms with Gasteiger partial charge in [0.05, 0.1) is 25.2 Å². The average Bonchev–Trinajstić information content (AvgIpc) is 3.07. The molecule has 1 saturated heterocycles. The van der Waals surface area contributed by atoms with Gasteiger partial charge in [0.25, 0.3) is 0 Å². The second kappa shape index (κ2) is 7.38. The van der Waals surface area contributed by atoms with Crippen LogP contribution in [0.1, 0.15) is 54.8 Å². The Bertz CT molecular complexity index is 1150. The van der Waals surface area contributed by atoms with Crippen LogP contribution in [-0.4, -0.2) is 33.5 Å². The number of hydrogen-bond donors (Lipinski definition) is 0. The van der Waals surface area contributed by atoms with E-state index in [1.807, 2.05) is 31.2 Å². The van der Waals surface area contributed by atoms with Crippen molar-refractivity contribution < 1.29 is 17.9 Å². The largest absolute Gasteiger partial charge is 0.493 e. The number of hydrogen-bond acceptors (Lipinski definition) is 4. The third kappa shape index (κ3) is 2.95. The van der Waals surface area contributed by atoms with Crippen molar-refractivity contribution in [3.05, 3.63) is 59.2 Å². The molecule has 5 nitrogen and oxygen atoms in total. The summed E-state index contributed by atoms with van der Waals surface area (Å²) in [5.74, 6) is 1.34. The molecule has 2 aliphatic carbocycles. The summed E-state index contributed by atoms with van der Waals surface area (Å²) in [6, 6.07) is 11.0. The lowest BCUT2D eigenvalue weighted by molar-refractivity contribution is 0.115. The third-order valence-corrected chi connectivity index (χ3v) is 9.17. The molecular weight excluding hydrogens is 410 g/mol. The van der Waals surface area contributed by atoms with Gasteiger partial charge >= 0.3 is 0 Å². The van der Waals surface area contributed by atoms with E-state index in [1.54, 1.807) is 30.7 Å². The first kappa shape index (κ1) is 20.6. The van der Waals surface area contributed by atoms with Crippen LogP contribution in [0, 0.1) is 12.3 Å². The minimum absolute atomic E-state index is 0.173. The van der Waals surface area contributed by atoms with Gasteiger partial charge in [0.2, 0.25) is 10.0 Å². The highest BCUT2D eigenvalue weighted by atomic mass is 32.2. The Hall–Kier alpha value is -2.31. The topological polar surface area (TPSA) is 55.8 Å². The van der Waals surface area contributed by atoms with Crippen LogP contribution < -0.4 is 9.47 Å². The molecule has 2 aromatic carbocycles. The molecule has 5 rings (SSSR count). The number of nitrogens with zero attached hydrogens (tertiary/aromatic N) is 1. The molecule has 0 aromatic heterocycles. The number of benzene rings is 2. The molecule has 2 atom stereocenters. The molecule has 1 fully saturated rings. The van der Waals surface area contributed by atoms with Crippen molar-refractivity contribution in [1.29, 1.82) is 0 Å². The van der Waals surface area contributed by atoms with E-state index >= 15 is 0 Å². The number of allylic oxidation sites excluding steroid dienone is 1. The Labute approximate surface area is 184 Å². The van der Waals surface area contributed by atoms with Crippen molar-refractivity contribution >= 4 is 15.6 Å². The van der Waals surface area contributed by atoms with E-state index in [0.717, 1.165) is 48.8 Å². The fourth-order valence-electron chi connectivity index (χ4n) is 5.93. The van der Waals surface area contributed by atoms with Crippen molar-refractivity contribution in [2.45, 2.75) is 50.0 Å². The molecule has 6 heteroatoms. The normalized spacial score (nSPS) is 25.3. The molecule has 164 valence electrons. The van der Waals surface area contributed by atoms with E-state index in [9.17, 15) is 8.42 Å². The maximum absolute atomic E-state index is 13.9. The molecule has 0 unspecified atom stereocenters. The minimum Gasteiger partial charge on any atom is -0.493 e. The van der Waals surface area contributed by atoms with E-state index in [1.165, 1.54) is 5.57 Å². The lowest BCUT2D eigenvalue weighted by Gasteiger charge is -2.48. The van der Waals surface area contributed by atoms with Crippen LogP contribution in [-0.2, 0) is 10.0 Å². The van der Waals surface area contributed by atoms with Crippen LogP contribution in [0.2, 0.25) is 0 Å². The van der Waals surface area contributed by atoms with Crippen molar-refractivity contribution in [2.24, 2.45) is 5.41 Å². The molecule has 2 aromatic rings. The summed E-state index contributed by atoms with van der Waals surface area (Å²) in [6.45, 7) is 2.50. The van der Waals surface area contributed by atoms with Gasteiger partial charge in [-0.25, -0.2) is 8.42 Å². The lowest BCUT2D eigenvalue weighted by atomic mass is 9.66. The Morgan fingerprint density at radius 1 is 1.00 bits per heavy atom. The van der Waals surface area contributed by atoms with Crippen LogP contribution in [0.25, 0.3) is 5.57 Å². The first-order chi connectivity index (χ1) is 14.9. The van der Waals surface area contributed by atoms with Crippen LogP contribution in [0.4, 0.5) is 0 Å². The van der Waals surface area contributed by atoms with Crippen LogP contribution >= 0.6 is 0 Å². The first-order valence-electron chi connectivity index (χ1n) is 11.0. The number of ether oxygens (including phenoxy) is 2. The number of fused-ring (bicyclic) bond motifs is 3. The molecule has 1 spiro atoms. The van der Waals surface area contributed by atoms with E-state index < -0.39 is 10.0 Å². The Morgan fingerprint density at radius 3 is 2.39 bits per heavy atom. The van der Waals surface area contributed by atoms with Gasteiger partial charge in [0, 0.05) is 12.0 Å². The molecule has 0 N–H and O–H groups in total. The van der Waals surface area contributed by atoms with Crippen molar-refractivity contribution in [2.75, 3.05) is 20.8 Å². The van der Waals surface area contributed by atoms with Gasteiger partial charge in [-0.15, -0.1) is 0 Å². The van der Waals surface area contributed by atoms with Gasteiger partial charge in [0.1, 0.15) is 0 Å². The average molecular weight is 440 g/mol. The van der Waals surface area contributed by atoms with E-state index in [2.05, 4.69) is 6.08 Å². The number of aryl methyl sites for hydroxylation is 1. The van der Waals surface area contributed by atoms with Crippen LogP contribution in [0.5, 0.6) is 11.5 Å². The summed E-state index contributed by atoms with van der Waals surface area (Å²) in [5.41, 5.74) is 4.33. The SMILES string of the molecule is COc1cc2c(cc1OC)[C@@H]1N(S(=O)(=O)c3ccc(C)cc3)CCC[C@@]13CCCC=C23. The number of methoxy groups -OCH3 is 2. The fraction of sp³-hybridized carbons (Fsp3) is 0.440. The smallest absolute Gasteiger partial charge is 0.243 e. The first-order valence-corrected chi connectivity index (χ1v) is 12.4. The predicted molar refractivity (Wildman–Crippen MR) is 121 cm³/mol. The fourth-order valence-corrected chi connectivity index (χ4v) is 7.64. The Kier molecular flexibility index (Phi) is 4.90. The molecular formula is C25H29NO4S. The van der Waals surface area contributed by atoms with Crippen LogP contribution in [0.3, 0.4) is 0 Å². The summed E-state index contributed by atoms with van der Waals surface area (Å²) in [5, 5.41) is 0. The van der Waals surface area contributed by atoms with Crippen molar-refractivity contribution in [3.8, 4) is 11.5 Å². The molecule has 1 heterocycles.